The Morgan fingerprint density at radius 1 is 1.21 bits per heavy atom. The van der Waals surface area contributed by atoms with Crippen molar-refractivity contribution in [2.45, 2.75) is 26.2 Å². The van der Waals surface area contributed by atoms with E-state index in [9.17, 15) is 4.79 Å². The number of aryl methyl sites for hydroxylation is 2. The van der Waals surface area contributed by atoms with Crippen molar-refractivity contribution in [3.63, 3.8) is 0 Å². The van der Waals surface area contributed by atoms with E-state index in [0.717, 1.165) is 46.1 Å². The number of amides is 1. The number of hydrogen-bond acceptors (Lipinski definition) is 5. The number of thiazole rings is 1. The molecule has 0 radical (unpaired) electrons. The largest absolute Gasteiger partial charge is 0.302 e. The van der Waals surface area contributed by atoms with Crippen LogP contribution in [0.4, 0.5) is 5.13 Å². The Labute approximate surface area is 143 Å². The van der Waals surface area contributed by atoms with Gasteiger partial charge in [0.2, 0.25) is 5.91 Å². The molecule has 1 N–H and O–H groups in total. The predicted octanol–water partition coefficient (Wildman–Crippen LogP) is 3.71. The Bertz CT molecular complexity index is 905. The molecule has 4 rings (SSSR count). The van der Waals surface area contributed by atoms with Gasteiger partial charge in [-0.25, -0.2) is 15.0 Å². The third-order valence-electron chi connectivity index (χ3n) is 4.01. The van der Waals surface area contributed by atoms with Crippen LogP contribution < -0.4 is 5.32 Å². The fourth-order valence-electron chi connectivity index (χ4n) is 2.73. The van der Waals surface area contributed by atoms with E-state index in [4.69, 9.17) is 4.98 Å². The topological polar surface area (TPSA) is 67.8 Å². The van der Waals surface area contributed by atoms with E-state index in [1.807, 2.05) is 43.5 Å². The normalized spacial score (nSPS) is 12.4. The summed E-state index contributed by atoms with van der Waals surface area (Å²) in [4.78, 5) is 26.5. The number of anilines is 1. The molecule has 0 saturated carbocycles. The van der Waals surface area contributed by atoms with E-state index in [2.05, 4.69) is 15.3 Å². The molecular formula is C18H16N4OS. The minimum atomic E-state index is -0.0195. The average Bonchev–Trinajstić information content (AvgIpc) is 3.04. The van der Waals surface area contributed by atoms with Gasteiger partial charge in [0.05, 0.1) is 16.3 Å². The predicted molar refractivity (Wildman–Crippen MR) is 94.9 cm³/mol. The van der Waals surface area contributed by atoms with Crippen LogP contribution in [0.25, 0.3) is 22.0 Å². The maximum absolute atomic E-state index is 11.6. The molecule has 120 valence electrons. The van der Waals surface area contributed by atoms with Gasteiger partial charge in [-0.15, -0.1) is 0 Å². The second-order valence-electron chi connectivity index (χ2n) is 5.63. The van der Waals surface area contributed by atoms with Crippen LogP contribution in [0.15, 0.2) is 36.5 Å². The van der Waals surface area contributed by atoms with Gasteiger partial charge in [-0.3, -0.25) is 4.79 Å². The van der Waals surface area contributed by atoms with Crippen molar-refractivity contribution in [1.82, 2.24) is 15.0 Å². The van der Waals surface area contributed by atoms with Gasteiger partial charge in [0.15, 0.2) is 11.0 Å². The van der Waals surface area contributed by atoms with Crippen molar-refractivity contribution in [2.75, 3.05) is 5.32 Å². The van der Waals surface area contributed by atoms with Gasteiger partial charge in [-0.1, -0.05) is 48.6 Å². The molecule has 24 heavy (non-hydrogen) atoms. The SMILES string of the molecule is CCC(=O)Nc1nc2c(s1)-c1nc(-c3ccccc3)ncc1CC2. The monoisotopic (exact) mass is 336 g/mol. The summed E-state index contributed by atoms with van der Waals surface area (Å²) in [7, 11) is 0. The van der Waals surface area contributed by atoms with E-state index in [-0.39, 0.29) is 5.91 Å². The molecule has 0 atom stereocenters. The van der Waals surface area contributed by atoms with Crippen LogP contribution in [-0.2, 0) is 17.6 Å². The molecule has 2 aromatic heterocycles. The van der Waals surface area contributed by atoms with Gasteiger partial charge < -0.3 is 5.32 Å². The molecule has 0 bridgehead atoms. The Hall–Kier alpha value is -2.60. The zero-order valence-corrected chi connectivity index (χ0v) is 14.1. The molecular weight excluding hydrogens is 320 g/mol. The summed E-state index contributed by atoms with van der Waals surface area (Å²) in [6.45, 7) is 1.83. The van der Waals surface area contributed by atoms with Gasteiger partial charge in [0.1, 0.15) is 0 Å². The lowest BCUT2D eigenvalue weighted by molar-refractivity contribution is -0.115. The highest BCUT2D eigenvalue weighted by molar-refractivity contribution is 7.19. The van der Waals surface area contributed by atoms with Crippen molar-refractivity contribution in [2.24, 2.45) is 0 Å². The molecule has 1 aliphatic carbocycles. The van der Waals surface area contributed by atoms with Crippen LogP contribution in [0, 0.1) is 0 Å². The fraction of sp³-hybridized carbons (Fsp3) is 0.222. The lowest BCUT2D eigenvalue weighted by Gasteiger charge is -2.14. The van der Waals surface area contributed by atoms with E-state index in [1.165, 1.54) is 11.3 Å². The van der Waals surface area contributed by atoms with Crippen molar-refractivity contribution < 1.29 is 4.79 Å². The van der Waals surface area contributed by atoms with E-state index in [1.54, 1.807) is 0 Å². The molecule has 1 aliphatic rings. The second kappa shape index (κ2) is 6.13. The first kappa shape index (κ1) is 15.0. The highest BCUT2D eigenvalue weighted by Crippen LogP contribution is 2.38. The minimum absolute atomic E-state index is 0.0195. The van der Waals surface area contributed by atoms with E-state index < -0.39 is 0 Å². The maximum atomic E-state index is 11.6. The van der Waals surface area contributed by atoms with Crippen LogP contribution in [0.1, 0.15) is 24.6 Å². The van der Waals surface area contributed by atoms with Crippen molar-refractivity contribution in [1.29, 1.82) is 0 Å². The highest BCUT2D eigenvalue weighted by Gasteiger charge is 2.23. The zero-order valence-electron chi connectivity index (χ0n) is 13.2. The third-order valence-corrected chi connectivity index (χ3v) is 5.03. The number of nitrogens with zero attached hydrogens (tertiary/aromatic N) is 3. The first-order valence-electron chi connectivity index (χ1n) is 7.96. The summed E-state index contributed by atoms with van der Waals surface area (Å²) in [5, 5.41) is 3.50. The van der Waals surface area contributed by atoms with Crippen molar-refractivity contribution in [3.05, 3.63) is 47.8 Å². The smallest absolute Gasteiger partial charge is 0.225 e. The Kier molecular flexibility index (Phi) is 3.82. The first-order valence-corrected chi connectivity index (χ1v) is 8.77. The molecule has 2 heterocycles. The molecule has 0 saturated heterocycles. The Morgan fingerprint density at radius 2 is 2.04 bits per heavy atom. The molecule has 6 heteroatoms. The summed E-state index contributed by atoms with van der Waals surface area (Å²) in [5.74, 6) is 0.698. The van der Waals surface area contributed by atoms with Gasteiger partial charge in [-0.05, 0) is 18.4 Å². The van der Waals surface area contributed by atoms with Gasteiger partial charge >= 0.3 is 0 Å². The number of fused-ring (bicyclic) bond motifs is 3. The van der Waals surface area contributed by atoms with Crippen molar-refractivity contribution in [3.8, 4) is 22.0 Å². The molecule has 0 unspecified atom stereocenters. The summed E-state index contributed by atoms with van der Waals surface area (Å²) < 4.78 is 0. The molecule has 0 aliphatic heterocycles. The summed E-state index contributed by atoms with van der Waals surface area (Å²) in [6.07, 6.45) is 4.09. The number of benzene rings is 1. The summed E-state index contributed by atoms with van der Waals surface area (Å²) >= 11 is 1.49. The molecule has 1 amide bonds. The van der Waals surface area contributed by atoms with Crippen LogP contribution in [0.5, 0.6) is 0 Å². The lowest BCUT2D eigenvalue weighted by Crippen LogP contribution is -2.09. The highest BCUT2D eigenvalue weighted by atomic mass is 32.1. The van der Waals surface area contributed by atoms with E-state index in [0.29, 0.717) is 11.6 Å². The Morgan fingerprint density at radius 3 is 2.83 bits per heavy atom. The Balaban J connectivity index is 1.75. The summed E-state index contributed by atoms with van der Waals surface area (Å²) in [6, 6.07) is 9.95. The second-order valence-corrected chi connectivity index (χ2v) is 6.63. The lowest BCUT2D eigenvalue weighted by atomic mass is 9.99. The molecule has 0 spiro atoms. The van der Waals surface area contributed by atoms with Gasteiger partial charge in [-0.2, -0.15) is 0 Å². The van der Waals surface area contributed by atoms with Crippen molar-refractivity contribution >= 4 is 22.4 Å². The minimum Gasteiger partial charge on any atom is -0.302 e. The van der Waals surface area contributed by atoms with Crippen LogP contribution >= 0.6 is 11.3 Å². The number of nitrogens with one attached hydrogen (secondary N) is 1. The average molecular weight is 336 g/mol. The molecule has 3 aromatic rings. The number of aromatic nitrogens is 3. The molecule has 0 fully saturated rings. The number of rotatable bonds is 3. The van der Waals surface area contributed by atoms with Crippen LogP contribution in [0.3, 0.4) is 0 Å². The van der Waals surface area contributed by atoms with Crippen LogP contribution in [-0.4, -0.2) is 20.9 Å². The zero-order chi connectivity index (χ0) is 16.5. The number of hydrogen-bond donors (Lipinski definition) is 1. The number of carbonyl (C=O) groups excluding carboxylic acids is 1. The van der Waals surface area contributed by atoms with Crippen LogP contribution in [0.2, 0.25) is 0 Å². The number of carbonyl (C=O) groups is 1. The van der Waals surface area contributed by atoms with E-state index >= 15 is 0 Å². The van der Waals surface area contributed by atoms with Gasteiger partial charge in [0, 0.05) is 18.2 Å². The standard InChI is InChI=1S/C18H16N4OS/c1-2-14(23)21-18-20-13-9-8-12-10-19-17(11-6-4-3-5-7-11)22-15(12)16(13)24-18/h3-7,10H,2,8-9H2,1H3,(H,20,21,23). The quantitative estimate of drug-likeness (QED) is 0.791. The molecule has 1 aromatic carbocycles. The fourth-order valence-corrected chi connectivity index (χ4v) is 3.79. The first-order chi connectivity index (χ1) is 11.7. The molecule has 5 nitrogen and oxygen atoms in total. The third kappa shape index (κ3) is 2.69. The van der Waals surface area contributed by atoms with Gasteiger partial charge in [0.25, 0.3) is 0 Å². The summed E-state index contributed by atoms with van der Waals surface area (Å²) in [5.41, 5.74) is 4.09. The maximum Gasteiger partial charge on any atom is 0.225 e.